The molecule has 4 aliphatic carbocycles. The third kappa shape index (κ3) is 2.21. The first-order chi connectivity index (χ1) is 11.6. The van der Waals surface area contributed by atoms with Gasteiger partial charge in [0.25, 0.3) is 11.8 Å². The molecule has 4 fully saturated rings. The van der Waals surface area contributed by atoms with Crippen molar-refractivity contribution < 1.29 is 14.3 Å². The lowest BCUT2D eigenvalue weighted by Crippen LogP contribution is -2.59. The van der Waals surface area contributed by atoms with E-state index in [1.807, 2.05) is 0 Å². The Bertz CT molecular complexity index is 692. The van der Waals surface area contributed by atoms with Gasteiger partial charge in [0, 0.05) is 5.54 Å². The summed E-state index contributed by atoms with van der Waals surface area (Å²) < 4.78 is 5.54. The molecule has 126 valence electrons. The Balaban J connectivity index is 1.42. The summed E-state index contributed by atoms with van der Waals surface area (Å²) in [6.45, 7) is -0.0331. The maximum absolute atomic E-state index is 13.0. The van der Waals surface area contributed by atoms with Crippen LogP contribution in [0.2, 0.25) is 0 Å². The van der Waals surface area contributed by atoms with Crippen molar-refractivity contribution in [2.75, 3.05) is 11.9 Å². The van der Waals surface area contributed by atoms with E-state index in [2.05, 4.69) is 10.6 Å². The summed E-state index contributed by atoms with van der Waals surface area (Å²) in [7, 11) is 0. The normalized spacial score (nSPS) is 35.8. The first kappa shape index (κ1) is 14.3. The lowest BCUT2D eigenvalue weighted by Gasteiger charge is -2.56. The van der Waals surface area contributed by atoms with Crippen LogP contribution in [0.4, 0.5) is 5.69 Å². The Kier molecular flexibility index (Phi) is 2.97. The first-order valence-corrected chi connectivity index (χ1v) is 8.98. The monoisotopic (exact) mass is 326 g/mol. The minimum Gasteiger partial charge on any atom is -0.481 e. The van der Waals surface area contributed by atoms with E-state index in [0.29, 0.717) is 17.0 Å². The highest BCUT2D eigenvalue weighted by Gasteiger charge is 2.51. The number of carbonyl (C=O) groups excluding carboxylic acids is 2. The predicted octanol–water partition coefficient (Wildman–Crippen LogP) is 2.72. The summed E-state index contributed by atoms with van der Waals surface area (Å²) in [5.41, 5.74) is 1.10. The number of amides is 2. The van der Waals surface area contributed by atoms with Gasteiger partial charge in [-0.3, -0.25) is 9.59 Å². The second-order valence-corrected chi connectivity index (χ2v) is 8.17. The first-order valence-electron chi connectivity index (χ1n) is 8.98. The average Bonchev–Trinajstić information content (AvgIpc) is 2.52. The molecular formula is C19H22N2O3. The lowest BCUT2D eigenvalue weighted by atomic mass is 9.53. The molecule has 0 atom stereocenters. The van der Waals surface area contributed by atoms with E-state index in [9.17, 15) is 9.59 Å². The molecule has 1 aliphatic heterocycles. The van der Waals surface area contributed by atoms with E-state index in [0.717, 1.165) is 37.0 Å². The number of ether oxygens (including phenoxy) is 1. The molecule has 4 bridgehead atoms. The van der Waals surface area contributed by atoms with Crippen LogP contribution in [0.25, 0.3) is 0 Å². The molecule has 0 radical (unpaired) electrons. The fourth-order valence-corrected chi connectivity index (χ4v) is 5.87. The third-order valence-electron chi connectivity index (χ3n) is 6.30. The second-order valence-electron chi connectivity index (χ2n) is 8.17. The highest BCUT2D eigenvalue weighted by atomic mass is 16.5. The van der Waals surface area contributed by atoms with Crippen LogP contribution in [-0.2, 0) is 4.79 Å². The topological polar surface area (TPSA) is 67.4 Å². The van der Waals surface area contributed by atoms with Gasteiger partial charge in [-0.15, -0.1) is 0 Å². The van der Waals surface area contributed by atoms with Crippen molar-refractivity contribution in [1.82, 2.24) is 5.32 Å². The fraction of sp³-hybridized carbons (Fsp3) is 0.579. The molecular weight excluding hydrogens is 304 g/mol. The SMILES string of the molecule is O=C1COc2c(cccc2C(=O)NC23CC4CC(CC(C4)C2)C3)N1. The Morgan fingerprint density at radius 1 is 1.12 bits per heavy atom. The Morgan fingerprint density at radius 3 is 2.46 bits per heavy atom. The molecule has 2 N–H and O–H groups in total. The van der Waals surface area contributed by atoms with Crippen molar-refractivity contribution >= 4 is 17.5 Å². The van der Waals surface area contributed by atoms with Crippen LogP contribution >= 0.6 is 0 Å². The zero-order valence-corrected chi connectivity index (χ0v) is 13.6. The molecule has 0 aromatic heterocycles. The predicted molar refractivity (Wildman–Crippen MR) is 88.9 cm³/mol. The van der Waals surface area contributed by atoms with Crippen molar-refractivity contribution in [3.8, 4) is 5.75 Å². The number of benzene rings is 1. The Hall–Kier alpha value is -2.04. The number of nitrogens with one attached hydrogen (secondary N) is 2. The van der Waals surface area contributed by atoms with Crippen LogP contribution in [0.3, 0.4) is 0 Å². The van der Waals surface area contributed by atoms with Gasteiger partial charge in [0.1, 0.15) is 0 Å². The van der Waals surface area contributed by atoms with Crippen molar-refractivity contribution in [1.29, 1.82) is 0 Å². The molecule has 5 aliphatic rings. The Morgan fingerprint density at radius 2 is 1.79 bits per heavy atom. The molecule has 24 heavy (non-hydrogen) atoms. The molecule has 1 aromatic carbocycles. The lowest BCUT2D eigenvalue weighted by molar-refractivity contribution is -0.118. The fourth-order valence-electron chi connectivity index (χ4n) is 5.87. The summed E-state index contributed by atoms with van der Waals surface area (Å²) in [4.78, 5) is 24.4. The van der Waals surface area contributed by atoms with E-state index in [-0.39, 0.29) is 24.0 Å². The number of fused-ring (bicyclic) bond motifs is 1. The third-order valence-corrected chi connectivity index (χ3v) is 6.30. The van der Waals surface area contributed by atoms with Gasteiger partial charge in [-0.2, -0.15) is 0 Å². The Labute approximate surface area is 141 Å². The number of carbonyl (C=O) groups is 2. The van der Waals surface area contributed by atoms with E-state index in [4.69, 9.17) is 4.74 Å². The molecule has 6 rings (SSSR count). The average molecular weight is 326 g/mol. The van der Waals surface area contributed by atoms with Gasteiger partial charge < -0.3 is 15.4 Å². The highest BCUT2D eigenvalue weighted by Crippen LogP contribution is 2.55. The van der Waals surface area contributed by atoms with Gasteiger partial charge in [0.05, 0.1) is 11.3 Å². The summed E-state index contributed by atoms with van der Waals surface area (Å²) in [5, 5.41) is 6.14. The van der Waals surface area contributed by atoms with Crippen LogP contribution in [-0.4, -0.2) is 24.0 Å². The molecule has 0 spiro atoms. The van der Waals surface area contributed by atoms with E-state index < -0.39 is 0 Å². The van der Waals surface area contributed by atoms with Crippen LogP contribution in [0.1, 0.15) is 48.9 Å². The number of rotatable bonds is 2. The number of hydrogen-bond acceptors (Lipinski definition) is 3. The van der Waals surface area contributed by atoms with E-state index in [1.54, 1.807) is 18.2 Å². The van der Waals surface area contributed by atoms with E-state index >= 15 is 0 Å². The molecule has 5 heteroatoms. The molecule has 0 unspecified atom stereocenters. The van der Waals surface area contributed by atoms with Crippen LogP contribution in [0.15, 0.2) is 18.2 Å². The standard InChI is InChI=1S/C19H22N2O3/c22-16-10-24-17-14(2-1-3-15(17)20-16)18(23)21-19-7-11-4-12(8-19)6-13(5-11)9-19/h1-3,11-13H,4-10H2,(H,20,22)(H,21,23). The van der Waals surface area contributed by atoms with Gasteiger partial charge in [0.15, 0.2) is 12.4 Å². The molecule has 4 saturated carbocycles. The van der Waals surface area contributed by atoms with Gasteiger partial charge >= 0.3 is 0 Å². The van der Waals surface area contributed by atoms with Crippen LogP contribution in [0, 0.1) is 17.8 Å². The van der Waals surface area contributed by atoms with Gasteiger partial charge in [0.2, 0.25) is 0 Å². The summed E-state index contributed by atoms with van der Waals surface area (Å²) in [5.74, 6) is 2.62. The van der Waals surface area contributed by atoms with Crippen LogP contribution in [0.5, 0.6) is 5.75 Å². The van der Waals surface area contributed by atoms with Crippen LogP contribution < -0.4 is 15.4 Å². The second kappa shape index (κ2) is 4.98. The molecule has 1 heterocycles. The largest absolute Gasteiger partial charge is 0.481 e. The molecule has 2 amide bonds. The van der Waals surface area contributed by atoms with Gasteiger partial charge in [-0.1, -0.05) is 6.07 Å². The zero-order chi connectivity index (χ0) is 16.3. The van der Waals surface area contributed by atoms with Crippen molar-refractivity contribution in [2.45, 2.75) is 44.1 Å². The molecule has 5 nitrogen and oxygen atoms in total. The minimum atomic E-state index is -0.179. The summed E-state index contributed by atoms with van der Waals surface area (Å²) in [6, 6.07) is 5.35. The summed E-state index contributed by atoms with van der Waals surface area (Å²) >= 11 is 0. The number of para-hydroxylation sites is 1. The van der Waals surface area contributed by atoms with Gasteiger partial charge in [-0.05, 0) is 68.4 Å². The molecule has 1 aromatic rings. The molecule has 0 saturated heterocycles. The summed E-state index contributed by atoms with van der Waals surface area (Å²) in [6.07, 6.45) is 7.42. The maximum atomic E-state index is 13.0. The number of hydrogen-bond donors (Lipinski definition) is 2. The number of anilines is 1. The zero-order valence-electron chi connectivity index (χ0n) is 13.6. The van der Waals surface area contributed by atoms with E-state index in [1.165, 1.54) is 19.3 Å². The maximum Gasteiger partial charge on any atom is 0.262 e. The smallest absolute Gasteiger partial charge is 0.262 e. The van der Waals surface area contributed by atoms with Crippen molar-refractivity contribution in [2.24, 2.45) is 17.8 Å². The van der Waals surface area contributed by atoms with Crippen molar-refractivity contribution in [3.63, 3.8) is 0 Å². The minimum absolute atomic E-state index is 0.0214. The highest BCUT2D eigenvalue weighted by molar-refractivity contribution is 6.03. The van der Waals surface area contributed by atoms with Crippen molar-refractivity contribution in [3.05, 3.63) is 23.8 Å². The van der Waals surface area contributed by atoms with Gasteiger partial charge in [-0.25, -0.2) is 0 Å². The quantitative estimate of drug-likeness (QED) is 0.878.